The Bertz CT molecular complexity index is 695. The molecule has 21 heavy (non-hydrogen) atoms. The van der Waals surface area contributed by atoms with Crippen LogP contribution >= 0.6 is 0 Å². The number of benzene rings is 1. The van der Waals surface area contributed by atoms with Gasteiger partial charge in [-0.15, -0.1) is 0 Å². The van der Waals surface area contributed by atoms with Crippen molar-refractivity contribution in [2.75, 3.05) is 11.9 Å². The SMILES string of the molecule is CN(C(=O)C(=O)[O-])c1cc2cc(C(F)(F)F)ccc2o1.[Li+]. The Morgan fingerprint density at radius 3 is 2.38 bits per heavy atom. The summed E-state index contributed by atoms with van der Waals surface area (Å²) < 4.78 is 42.7. The summed E-state index contributed by atoms with van der Waals surface area (Å²) in [6.07, 6.45) is -4.50. The summed E-state index contributed by atoms with van der Waals surface area (Å²) in [5.41, 5.74) is -0.766. The summed E-state index contributed by atoms with van der Waals surface area (Å²) in [6.45, 7) is 0. The maximum atomic E-state index is 12.5. The molecule has 0 saturated carbocycles. The fourth-order valence-corrected chi connectivity index (χ4v) is 1.61. The van der Waals surface area contributed by atoms with E-state index in [0.29, 0.717) is 4.90 Å². The van der Waals surface area contributed by atoms with Crippen LogP contribution in [0, 0.1) is 0 Å². The van der Waals surface area contributed by atoms with E-state index in [1.54, 1.807) is 0 Å². The normalized spacial score (nSPS) is 11.0. The van der Waals surface area contributed by atoms with Gasteiger partial charge >= 0.3 is 25.0 Å². The second kappa shape index (κ2) is 5.83. The number of hydrogen-bond acceptors (Lipinski definition) is 4. The molecule has 0 bridgehead atoms. The van der Waals surface area contributed by atoms with Crippen molar-refractivity contribution in [3.63, 3.8) is 0 Å². The van der Waals surface area contributed by atoms with Crippen LogP contribution in [0.5, 0.6) is 0 Å². The summed E-state index contributed by atoms with van der Waals surface area (Å²) in [4.78, 5) is 22.2. The zero-order valence-corrected chi connectivity index (χ0v) is 11.0. The molecule has 0 N–H and O–H groups in total. The first-order valence-corrected chi connectivity index (χ1v) is 5.30. The number of rotatable bonds is 1. The number of carbonyl (C=O) groups excluding carboxylic acids is 2. The number of carbonyl (C=O) groups is 2. The molecule has 9 heteroatoms. The Morgan fingerprint density at radius 1 is 1.24 bits per heavy atom. The predicted octanol–water partition coefficient (Wildman–Crippen LogP) is -1.83. The van der Waals surface area contributed by atoms with Gasteiger partial charge in [-0.25, -0.2) is 0 Å². The molecule has 0 aliphatic carbocycles. The Hall–Kier alpha value is -1.91. The van der Waals surface area contributed by atoms with Gasteiger partial charge < -0.3 is 14.3 Å². The number of anilines is 1. The molecule has 106 valence electrons. The first kappa shape index (κ1) is 17.1. The third-order valence-corrected chi connectivity index (χ3v) is 2.64. The van der Waals surface area contributed by atoms with Crippen LogP contribution in [0.2, 0.25) is 0 Å². The molecule has 0 radical (unpaired) electrons. The third kappa shape index (κ3) is 3.40. The Labute approximate surface area is 128 Å². The molecule has 2 aromatic rings. The van der Waals surface area contributed by atoms with E-state index in [-0.39, 0.29) is 35.7 Å². The first-order valence-electron chi connectivity index (χ1n) is 5.30. The molecule has 1 aromatic heterocycles. The number of fused-ring (bicyclic) bond motifs is 1. The number of halogens is 3. The second-order valence-corrected chi connectivity index (χ2v) is 3.99. The van der Waals surface area contributed by atoms with E-state index in [4.69, 9.17) is 4.42 Å². The number of amides is 1. The van der Waals surface area contributed by atoms with E-state index in [9.17, 15) is 27.9 Å². The fraction of sp³-hybridized carbons (Fsp3) is 0.167. The quantitative estimate of drug-likeness (QED) is 0.458. The van der Waals surface area contributed by atoms with Crippen LogP contribution in [0.15, 0.2) is 28.7 Å². The number of likely N-dealkylation sites (N-methyl/N-ethyl adjacent to an activating group) is 1. The number of aliphatic carboxylic acids is 1. The molecule has 0 spiro atoms. The second-order valence-electron chi connectivity index (χ2n) is 3.99. The summed E-state index contributed by atoms with van der Waals surface area (Å²) >= 11 is 0. The van der Waals surface area contributed by atoms with E-state index < -0.39 is 23.6 Å². The zero-order valence-electron chi connectivity index (χ0n) is 11.0. The van der Waals surface area contributed by atoms with Crippen LogP contribution in [0.25, 0.3) is 11.0 Å². The molecule has 0 saturated heterocycles. The van der Waals surface area contributed by atoms with Crippen molar-refractivity contribution in [2.24, 2.45) is 0 Å². The molecule has 2 rings (SSSR count). The van der Waals surface area contributed by atoms with Crippen LogP contribution in [0.1, 0.15) is 5.56 Å². The van der Waals surface area contributed by atoms with E-state index >= 15 is 0 Å². The van der Waals surface area contributed by atoms with Gasteiger partial charge in [0.1, 0.15) is 11.6 Å². The van der Waals surface area contributed by atoms with Crippen LogP contribution in [0.3, 0.4) is 0 Å². The zero-order chi connectivity index (χ0) is 15.1. The molecule has 0 atom stereocenters. The van der Waals surface area contributed by atoms with E-state index in [1.165, 1.54) is 0 Å². The third-order valence-electron chi connectivity index (χ3n) is 2.64. The summed E-state index contributed by atoms with van der Waals surface area (Å²) in [5.74, 6) is -3.49. The van der Waals surface area contributed by atoms with Gasteiger partial charge in [0.25, 0.3) is 5.91 Å². The van der Waals surface area contributed by atoms with Gasteiger partial charge in [-0.05, 0) is 18.2 Å². The van der Waals surface area contributed by atoms with Crippen LogP contribution in [-0.2, 0) is 15.8 Å². The summed E-state index contributed by atoms with van der Waals surface area (Å²) in [7, 11) is 1.11. The summed E-state index contributed by atoms with van der Waals surface area (Å²) in [5, 5.41) is 10.5. The maximum absolute atomic E-state index is 12.5. The molecular formula is C12H7F3LiNO4. The number of nitrogens with zero attached hydrogens (tertiary/aromatic N) is 1. The topological polar surface area (TPSA) is 73.6 Å². The number of furan rings is 1. The standard InChI is InChI=1S/C12H8F3NO4.Li/c1-16(10(17)11(18)19)9-5-6-4-7(12(13,14)15)2-3-8(6)20-9;/h2-5H,1H3,(H,18,19);/q;+1/p-1. The molecule has 1 aromatic carbocycles. The smallest absolute Gasteiger partial charge is 0.540 e. The minimum atomic E-state index is -4.50. The van der Waals surface area contributed by atoms with Crippen molar-refractivity contribution in [2.45, 2.75) is 6.18 Å². The van der Waals surface area contributed by atoms with Crippen molar-refractivity contribution >= 4 is 28.7 Å². The van der Waals surface area contributed by atoms with Crippen molar-refractivity contribution in [1.82, 2.24) is 0 Å². The molecule has 1 amide bonds. The van der Waals surface area contributed by atoms with Crippen molar-refractivity contribution in [3.8, 4) is 0 Å². The van der Waals surface area contributed by atoms with Crippen LogP contribution in [0.4, 0.5) is 19.1 Å². The largest absolute Gasteiger partial charge is 1.00 e. The Balaban J connectivity index is 0.00000220. The van der Waals surface area contributed by atoms with Gasteiger partial charge in [0, 0.05) is 18.5 Å². The Kier molecular flexibility index (Phi) is 4.76. The summed E-state index contributed by atoms with van der Waals surface area (Å²) in [6, 6.07) is 3.92. The maximum Gasteiger partial charge on any atom is 1.00 e. The molecule has 0 fully saturated rings. The van der Waals surface area contributed by atoms with Gasteiger partial charge in [0.05, 0.1) is 5.56 Å². The molecule has 5 nitrogen and oxygen atoms in total. The number of hydrogen-bond donors (Lipinski definition) is 0. The average molecular weight is 293 g/mol. The molecule has 0 aliphatic rings. The van der Waals surface area contributed by atoms with E-state index in [0.717, 1.165) is 31.3 Å². The van der Waals surface area contributed by atoms with Crippen molar-refractivity contribution in [3.05, 3.63) is 29.8 Å². The van der Waals surface area contributed by atoms with Gasteiger partial charge in [-0.3, -0.25) is 9.69 Å². The van der Waals surface area contributed by atoms with E-state index in [1.807, 2.05) is 0 Å². The van der Waals surface area contributed by atoms with Crippen LogP contribution in [-0.4, -0.2) is 18.9 Å². The molecule has 1 heterocycles. The fourth-order valence-electron chi connectivity index (χ4n) is 1.61. The predicted molar refractivity (Wildman–Crippen MR) is 59.6 cm³/mol. The Morgan fingerprint density at radius 2 is 1.86 bits per heavy atom. The number of alkyl halides is 3. The molecule has 0 unspecified atom stereocenters. The molecule has 0 aliphatic heterocycles. The van der Waals surface area contributed by atoms with Gasteiger partial charge in [0.15, 0.2) is 0 Å². The van der Waals surface area contributed by atoms with Crippen molar-refractivity contribution < 1.29 is 51.1 Å². The van der Waals surface area contributed by atoms with Gasteiger partial charge in [-0.1, -0.05) is 0 Å². The monoisotopic (exact) mass is 293 g/mol. The molecular weight excluding hydrogens is 286 g/mol. The van der Waals surface area contributed by atoms with Crippen LogP contribution < -0.4 is 28.9 Å². The van der Waals surface area contributed by atoms with E-state index in [2.05, 4.69) is 0 Å². The first-order chi connectivity index (χ1) is 9.20. The average Bonchev–Trinajstić information content (AvgIpc) is 2.78. The van der Waals surface area contributed by atoms with Gasteiger partial charge in [-0.2, -0.15) is 13.2 Å². The number of carboxylic acid groups (broad SMARTS) is 1. The minimum absolute atomic E-state index is 0. The number of carboxylic acids is 1. The minimum Gasteiger partial charge on any atom is -0.540 e. The van der Waals surface area contributed by atoms with Gasteiger partial charge in [0.2, 0.25) is 5.88 Å². The van der Waals surface area contributed by atoms with Crippen molar-refractivity contribution in [1.29, 1.82) is 0 Å².